The Morgan fingerprint density at radius 2 is 1.89 bits per heavy atom. The highest BCUT2D eigenvalue weighted by Crippen LogP contribution is 2.66. The summed E-state index contributed by atoms with van der Waals surface area (Å²) < 4.78 is 5.92. The molecule has 0 aliphatic heterocycles. The molecule has 0 N–H and O–H groups in total. The van der Waals surface area contributed by atoms with Gasteiger partial charge in [0.25, 0.3) is 0 Å². The van der Waals surface area contributed by atoms with Gasteiger partial charge in [0.15, 0.2) is 0 Å². The molecule has 0 aromatic heterocycles. The Morgan fingerprint density at radius 3 is 2.50 bits per heavy atom. The van der Waals surface area contributed by atoms with Gasteiger partial charge in [-0.1, -0.05) is 39.0 Å². The number of hydrogen-bond donors (Lipinski definition) is 0. The first-order chi connectivity index (χ1) is 8.52. The van der Waals surface area contributed by atoms with Gasteiger partial charge in [-0.25, -0.2) is 0 Å². The molecule has 0 saturated heterocycles. The fourth-order valence-electron chi connectivity index (χ4n) is 4.33. The molecule has 2 saturated carbocycles. The topological polar surface area (TPSA) is 9.23 Å². The molecular weight excluding hydrogens is 220 g/mol. The Morgan fingerprint density at radius 1 is 1.17 bits per heavy atom. The number of fused-ring (bicyclic) bond motifs is 2. The third-order valence-corrected chi connectivity index (χ3v) is 5.46. The Labute approximate surface area is 111 Å². The lowest BCUT2D eigenvalue weighted by molar-refractivity contribution is 0.0673. The molecule has 3 unspecified atom stereocenters. The minimum atomic E-state index is 0.391. The van der Waals surface area contributed by atoms with Crippen LogP contribution in [-0.4, -0.2) is 0 Å². The third-order valence-electron chi connectivity index (χ3n) is 5.46. The van der Waals surface area contributed by atoms with Crippen molar-refractivity contribution in [2.45, 2.75) is 40.0 Å². The van der Waals surface area contributed by atoms with Crippen molar-refractivity contribution in [2.75, 3.05) is 0 Å². The van der Waals surface area contributed by atoms with E-state index in [4.69, 9.17) is 4.74 Å². The quantitative estimate of drug-likeness (QED) is 0.748. The minimum absolute atomic E-state index is 0.391. The molecule has 2 aliphatic carbocycles. The van der Waals surface area contributed by atoms with Crippen molar-refractivity contribution in [3.63, 3.8) is 0 Å². The molecule has 2 fully saturated rings. The standard InChI is InChI=1S/C17H23O/c1-16(2)13-9-10-17(3,11-13)15(16)12-18-14-7-5-4-6-8-14/h4-8,12-13,15H,9-11H2,1-3H3. The normalized spacial score (nSPS) is 36.8. The van der Waals surface area contributed by atoms with Crippen LogP contribution in [0, 0.1) is 29.3 Å². The van der Waals surface area contributed by atoms with E-state index in [1.807, 2.05) is 30.3 Å². The first-order valence-electron chi connectivity index (χ1n) is 7.07. The predicted molar refractivity (Wildman–Crippen MR) is 74.1 cm³/mol. The van der Waals surface area contributed by atoms with E-state index in [2.05, 4.69) is 27.4 Å². The maximum Gasteiger partial charge on any atom is 0.140 e. The van der Waals surface area contributed by atoms with E-state index < -0.39 is 0 Å². The maximum atomic E-state index is 5.92. The van der Waals surface area contributed by atoms with Crippen molar-refractivity contribution in [3.8, 4) is 5.75 Å². The van der Waals surface area contributed by atoms with E-state index >= 15 is 0 Å². The smallest absolute Gasteiger partial charge is 0.140 e. The Balaban J connectivity index is 1.73. The van der Waals surface area contributed by atoms with Crippen LogP contribution in [0.3, 0.4) is 0 Å². The molecule has 0 heterocycles. The lowest BCUT2D eigenvalue weighted by Gasteiger charge is -2.42. The van der Waals surface area contributed by atoms with Gasteiger partial charge in [0.2, 0.25) is 0 Å². The van der Waals surface area contributed by atoms with Gasteiger partial charge < -0.3 is 4.74 Å². The summed E-state index contributed by atoms with van der Waals surface area (Å²) in [7, 11) is 0. The molecule has 97 valence electrons. The molecule has 0 amide bonds. The molecular formula is C17H23O. The Bertz CT molecular complexity index is 418. The second-order valence-electron chi connectivity index (χ2n) is 6.96. The lowest BCUT2D eigenvalue weighted by atomic mass is 9.64. The molecule has 2 aliphatic rings. The van der Waals surface area contributed by atoms with Crippen LogP contribution in [0.4, 0.5) is 0 Å². The summed E-state index contributed by atoms with van der Waals surface area (Å²) in [5, 5.41) is 0. The van der Waals surface area contributed by atoms with E-state index in [0.717, 1.165) is 11.7 Å². The minimum Gasteiger partial charge on any atom is -0.486 e. The molecule has 2 bridgehead atoms. The van der Waals surface area contributed by atoms with Crippen LogP contribution in [-0.2, 0) is 0 Å². The number of hydrogen-bond acceptors (Lipinski definition) is 1. The second kappa shape index (κ2) is 4.01. The van der Waals surface area contributed by atoms with Gasteiger partial charge in [0.05, 0.1) is 0 Å². The van der Waals surface area contributed by atoms with Crippen LogP contribution in [0.25, 0.3) is 0 Å². The number of para-hydroxylation sites is 1. The molecule has 1 radical (unpaired) electrons. The number of ether oxygens (including phenoxy) is 1. The van der Waals surface area contributed by atoms with Gasteiger partial charge in [-0.05, 0) is 48.1 Å². The molecule has 1 heteroatoms. The average Bonchev–Trinajstić information content (AvgIpc) is 2.81. The van der Waals surface area contributed by atoms with Crippen molar-refractivity contribution in [3.05, 3.63) is 36.9 Å². The molecule has 0 spiro atoms. The monoisotopic (exact) mass is 243 g/mol. The first-order valence-corrected chi connectivity index (χ1v) is 7.07. The zero-order valence-electron chi connectivity index (χ0n) is 11.6. The Hall–Kier alpha value is -0.980. The van der Waals surface area contributed by atoms with Gasteiger partial charge >= 0.3 is 0 Å². The predicted octanol–water partition coefficient (Wildman–Crippen LogP) is 4.69. The summed E-state index contributed by atoms with van der Waals surface area (Å²) in [5.41, 5.74) is 0.852. The molecule has 3 rings (SSSR count). The summed E-state index contributed by atoms with van der Waals surface area (Å²) in [6.07, 6.45) is 4.14. The zero-order valence-corrected chi connectivity index (χ0v) is 11.6. The van der Waals surface area contributed by atoms with Gasteiger partial charge in [-0.2, -0.15) is 0 Å². The van der Waals surface area contributed by atoms with Crippen LogP contribution in [0.1, 0.15) is 40.0 Å². The maximum absolute atomic E-state index is 5.92. The van der Waals surface area contributed by atoms with Crippen LogP contribution in [0.2, 0.25) is 0 Å². The summed E-state index contributed by atoms with van der Waals surface area (Å²) in [5.74, 6) is 2.41. The fraction of sp³-hybridized carbons (Fsp3) is 0.588. The summed E-state index contributed by atoms with van der Waals surface area (Å²) in [6.45, 7) is 9.39. The number of benzene rings is 1. The fourth-order valence-corrected chi connectivity index (χ4v) is 4.33. The van der Waals surface area contributed by atoms with Crippen molar-refractivity contribution >= 4 is 0 Å². The van der Waals surface area contributed by atoms with E-state index in [9.17, 15) is 0 Å². The lowest BCUT2D eigenvalue weighted by Crippen LogP contribution is -2.36. The highest BCUT2D eigenvalue weighted by atomic mass is 16.5. The average molecular weight is 243 g/mol. The molecule has 3 atom stereocenters. The van der Waals surface area contributed by atoms with Gasteiger partial charge in [-0.3, -0.25) is 0 Å². The van der Waals surface area contributed by atoms with Gasteiger partial charge in [-0.15, -0.1) is 0 Å². The van der Waals surface area contributed by atoms with Crippen molar-refractivity contribution in [1.82, 2.24) is 0 Å². The third kappa shape index (κ3) is 1.75. The van der Waals surface area contributed by atoms with Crippen LogP contribution < -0.4 is 4.74 Å². The molecule has 1 aromatic carbocycles. The van der Waals surface area contributed by atoms with Gasteiger partial charge in [0, 0.05) is 5.92 Å². The largest absolute Gasteiger partial charge is 0.486 e. The van der Waals surface area contributed by atoms with Gasteiger partial charge in [0.1, 0.15) is 12.4 Å². The number of rotatable bonds is 3. The molecule has 1 nitrogen and oxygen atoms in total. The second-order valence-corrected chi connectivity index (χ2v) is 6.96. The van der Waals surface area contributed by atoms with Crippen molar-refractivity contribution in [2.24, 2.45) is 22.7 Å². The Kier molecular flexibility index (Phi) is 2.69. The highest BCUT2D eigenvalue weighted by molar-refractivity contribution is 5.22. The van der Waals surface area contributed by atoms with Crippen molar-refractivity contribution in [1.29, 1.82) is 0 Å². The molecule has 1 aromatic rings. The van der Waals surface area contributed by atoms with E-state index in [1.165, 1.54) is 19.3 Å². The highest BCUT2D eigenvalue weighted by Gasteiger charge is 2.59. The van der Waals surface area contributed by atoms with Crippen LogP contribution in [0.5, 0.6) is 5.75 Å². The van der Waals surface area contributed by atoms with Crippen molar-refractivity contribution < 1.29 is 4.74 Å². The SMILES string of the molecule is CC12CCC(C1)C(C)(C)C2[CH]Oc1ccccc1. The van der Waals surface area contributed by atoms with E-state index in [1.54, 1.807) is 0 Å². The molecule has 18 heavy (non-hydrogen) atoms. The summed E-state index contributed by atoms with van der Waals surface area (Å²) in [4.78, 5) is 0. The van der Waals surface area contributed by atoms with Crippen LogP contribution >= 0.6 is 0 Å². The first kappa shape index (κ1) is 12.1. The van der Waals surface area contributed by atoms with E-state index in [0.29, 0.717) is 16.7 Å². The van der Waals surface area contributed by atoms with Crippen LogP contribution in [0.15, 0.2) is 30.3 Å². The summed E-state index contributed by atoms with van der Waals surface area (Å²) in [6, 6.07) is 10.1. The zero-order chi connectivity index (χ0) is 12.8. The van der Waals surface area contributed by atoms with E-state index in [-0.39, 0.29) is 0 Å². The summed E-state index contributed by atoms with van der Waals surface area (Å²) >= 11 is 0.